The van der Waals surface area contributed by atoms with E-state index < -0.39 is 0 Å². The Kier molecular flexibility index (Phi) is 7.49. The van der Waals surface area contributed by atoms with Gasteiger partial charge in [0.25, 0.3) is 11.8 Å². The summed E-state index contributed by atoms with van der Waals surface area (Å²) in [6.07, 6.45) is 0. The van der Waals surface area contributed by atoms with Crippen molar-refractivity contribution in [2.24, 2.45) is 0 Å². The third-order valence-electron chi connectivity index (χ3n) is 4.75. The van der Waals surface area contributed by atoms with Gasteiger partial charge < -0.3 is 19.3 Å². The molecule has 0 spiro atoms. The molecule has 2 amide bonds. The summed E-state index contributed by atoms with van der Waals surface area (Å²) in [5, 5.41) is 0.596. The molecule has 0 saturated carbocycles. The summed E-state index contributed by atoms with van der Waals surface area (Å²) in [6, 6.07) is 14.1. The highest BCUT2D eigenvalue weighted by molar-refractivity contribution is 6.30. The van der Waals surface area contributed by atoms with Gasteiger partial charge in [0.1, 0.15) is 12.4 Å². The van der Waals surface area contributed by atoms with Gasteiger partial charge in [-0.1, -0.05) is 23.7 Å². The van der Waals surface area contributed by atoms with Gasteiger partial charge in [0.15, 0.2) is 0 Å². The van der Waals surface area contributed by atoms with Crippen LogP contribution in [0.25, 0.3) is 0 Å². The number of nitrogens with zero attached hydrogens (tertiary/aromatic N) is 2. The molecule has 1 saturated heterocycles. The van der Waals surface area contributed by atoms with E-state index in [0.717, 1.165) is 0 Å². The zero-order valence-corrected chi connectivity index (χ0v) is 17.2. The van der Waals surface area contributed by atoms with E-state index in [1.165, 1.54) is 0 Å². The lowest BCUT2D eigenvalue weighted by molar-refractivity contribution is 0.0531. The van der Waals surface area contributed by atoms with Crippen LogP contribution in [-0.2, 0) is 4.74 Å². The van der Waals surface area contributed by atoms with Gasteiger partial charge in [0, 0.05) is 43.4 Å². The Bertz CT molecular complexity index is 833. The van der Waals surface area contributed by atoms with E-state index >= 15 is 0 Å². The predicted octanol–water partition coefficient (Wildman–Crippen LogP) is 3.35. The van der Waals surface area contributed by atoms with Gasteiger partial charge in [0.2, 0.25) is 0 Å². The van der Waals surface area contributed by atoms with Gasteiger partial charge in [-0.3, -0.25) is 9.59 Å². The zero-order chi connectivity index (χ0) is 20.6. The fraction of sp³-hybridized carbons (Fsp3) is 0.364. The van der Waals surface area contributed by atoms with E-state index in [1.54, 1.807) is 46.2 Å². The number of ether oxygens (including phenoxy) is 2. The van der Waals surface area contributed by atoms with Crippen LogP contribution in [0, 0.1) is 0 Å². The third kappa shape index (κ3) is 5.49. The molecule has 0 atom stereocenters. The van der Waals surface area contributed by atoms with E-state index in [1.807, 2.05) is 19.1 Å². The van der Waals surface area contributed by atoms with Crippen LogP contribution in [-0.4, -0.2) is 67.6 Å². The summed E-state index contributed by atoms with van der Waals surface area (Å²) < 4.78 is 11.0. The van der Waals surface area contributed by atoms with Gasteiger partial charge >= 0.3 is 0 Å². The van der Waals surface area contributed by atoms with Gasteiger partial charge in [-0.15, -0.1) is 0 Å². The number of hydrogen-bond donors (Lipinski definition) is 0. The number of piperazine rings is 1. The molecular weight excluding hydrogens is 392 g/mol. The first-order valence-electron chi connectivity index (χ1n) is 9.74. The number of rotatable bonds is 7. The first kappa shape index (κ1) is 21.1. The lowest BCUT2D eigenvalue weighted by atomic mass is 10.1. The molecule has 1 heterocycles. The summed E-state index contributed by atoms with van der Waals surface area (Å²) >= 11 is 5.89. The average molecular weight is 417 g/mol. The molecular formula is C22H25ClN2O4. The van der Waals surface area contributed by atoms with Crippen molar-refractivity contribution in [2.45, 2.75) is 6.92 Å². The average Bonchev–Trinajstić information content (AvgIpc) is 2.77. The fourth-order valence-electron chi connectivity index (χ4n) is 3.18. The van der Waals surface area contributed by atoms with Crippen molar-refractivity contribution in [2.75, 3.05) is 46.0 Å². The van der Waals surface area contributed by atoms with E-state index in [9.17, 15) is 9.59 Å². The summed E-state index contributed by atoms with van der Waals surface area (Å²) in [7, 11) is 0. The molecule has 154 valence electrons. The lowest BCUT2D eigenvalue weighted by Crippen LogP contribution is -2.50. The maximum atomic E-state index is 13.0. The first-order valence-corrected chi connectivity index (χ1v) is 10.1. The Morgan fingerprint density at radius 2 is 1.52 bits per heavy atom. The van der Waals surface area contributed by atoms with Crippen LogP contribution in [0.15, 0.2) is 48.5 Å². The Labute approximate surface area is 176 Å². The van der Waals surface area contributed by atoms with E-state index in [-0.39, 0.29) is 11.8 Å². The monoisotopic (exact) mass is 416 g/mol. The lowest BCUT2D eigenvalue weighted by Gasteiger charge is -2.35. The quantitative estimate of drug-likeness (QED) is 0.649. The van der Waals surface area contributed by atoms with Crippen LogP contribution in [0.5, 0.6) is 5.75 Å². The topological polar surface area (TPSA) is 59.1 Å². The van der Waals surface area contributed by atoms with Crippen LogP contribution >= 0.6 is 11.6 Å². The Hall–Kier alpha value is -2.57. The molecule has 2 aromatic rings. The SMILES string of the molecule is CCOCCOc1ccccc1C(=O)N1CCN(C(=O)c2ccc(Cl)cc2)CC1. The van der Waals surface area contributed by atoms with E-state index in [4.69, 9.17) is 21.1 Å². The minimum absolute atomic E-state index is 0.0478. The van der Waals surface area contributed by atoms with Gasteiger partial charge in [-0.05, 0) is 43.3 Å². The first-order chi connectivity index (χ1) is 14.1. The molecule has 0 unspecified atom stereocenters. The summed E-state index contributed by atoms with van der Waals surface area (Å²) in [5.74, 6) is 0.417. The van der Waals surface area contributed by atoms with Crippen LogP contribution in [0.2, 0.25) is 5.02 Å². The molecule has 1 fully saturated rings. The number of amides is 2. The van der Waals surface area contributed by atoms with Crippen molar-refractivity contribution in [3.63, 3.8) is 0 Å². The second kappa shape index (κ2) is 10.3. The third-order valence-corrected chi connectivity index (χ3v) is 5.00. The molecule has 1 aliphatic heterocycles. The van der Waals surface area contributed by atoms with Gasteiger partial charge in [-0.2, -0.15) is 0 Å². The highest BCUT2D eigenvalue weighted by Crippen LogP contribution is 2.21. The molecule has 2 aromatic carbocycles. The zero-order valence-electron chi connectivity index (χ0n) is 16.5. The number of para-hydroxylation sites is 1. The van der Waals surface area contributed by atoms with Crippen molar-refractivity contribution >= 4 is 23.4 Å². The molecule has 3 rings (SSSR count). The molecule has 0 bridgehead atoms. The summed E-state index contributed by atoms with van der Waals surface area (Å²) in [4.78, 5) is 29.1. The second-order valence-electron chi connectivity index (χ2n) is 6.63. The van der Waals surface area contributed by atoms with E-state index in [2.05, 4.69) is 0 Å². The maximum absolute atomic E-state index is 13.0. The summed E-state index contributed by atoms with van der Waals surface area (Å²) in [6.45, 7) is 5.35. The minimum Gasteiger partial charge on any atom is -0.490 e. The van der Waals surface area contributed by atoms with E-state index in [0.29, 0.717) is 67.9 Å². The molecule has 7 heteroatoms. The van der Waals surface area contributed by atoms with Crippen molar-refractivity contribution in [3.05, 3.63) is 64.7 Å². The number of carbonyl (C=O) groups excluding carboxylic acids is 2. The highest BCUT2D eigenvalue weighted by atomic mass is 35.5. The molecule has 0 aromatic heterocycles. The fourth-order valence-corrected chi connectivity index (χ4v) is 3.31. The standard InChI is InChI=1S/C22H25ClN2O4/c1-2-28-15-16-29-20-6-4-3-5-19(20)22(27)25-13-11-24(12-14-25)21(26)17-7-9-18(23)10-8-17/h3-10H,2,11-16H2,1H3. The van der Waals surface area contributed by atoms with Crippen molar-refractivity contribution in [1.82, 2.24) is 9.80 Å². The molecule has 0 radical (unpaired) electrons. The highest BCUT2D eigenvalue weighted by Gasteiger charge is 2.26. The smallest absolute Gasteiger partial charge is 0.257 e. The van der Waals surface area contributed by atoms with Gasteiger partial charge in [0.05, 0.1) is 12.2 Å². The number of carbonyl (C=O) groups is 2. The summed E-state index contributed by atoms with van der Waals surface area (Å²) in [5.41, 5.74) is 1.13. The van der Waals surface area contributed by atoms with Crippen LogP contribution in [0.3, 0.4) is 0 Å². The van der Waals surface area contributed by atoms with Crippen molar-refractivity contribution in [3.8, 4) is 5.75 Å². The van der Waals surface area contributed by atoms with Crippen molar-refractivity contribution in [1.29, 1.82) is 0 Å². The van der Waals surface area contributed by atoms with Crippen LogP contribution < -0.4 is 4.74 Å². The second-order valence-corrected chi connectivity index (χ2v) is 7.07. The van der Waals surface area contributed by atoms with Crippen LogP contribution in [0.1, 0.15) is 27.6 Å². The maximum Gasteiger partial charge on any atom is 0.257 e. The molecule has 29 heavy (non-hydrogen) atoms. The molecule has 0 N–H and O–H groups in total. The Morgan fingerprint density at radius 1 is 0.897 bits per heavy atom. The van der Waals surface area contributed by atoms with Crippen molar-refractivity contribution < 1.29 is 19.1 Å². The Morgan fingerprint density at radius 3 is 2.17 bits per heavy atom. The largest absolute Gasteiger partial charge is 0.490 e. The van der Waals surface area contributed by atoms with Crippen LogP contribution in [0.4, 0.5) is 0 Å². The number of hydrogen-bond acceptors (Lipinski definition) is 4. The Balaban J connectivity index is 1.59. The minimum atomic E-state index is -0.0874. The normalized spacial score (nSPS) is 14.0. The number of benzene rings is 2. The molecule has 6 nitrogen and oxygen atoms in total. The number of halogens is 1. The van der Waals surface area contributed by atoms with Gasteiger partial charge in [-0.25, -0.2) is 0 Å². The predicted molar refractivity (Wildman–Crippen MR) is 112 cm³/mol. The molecule has 1 aliphatic rings. The molecule has 0 aliphatic carbocycles.